The number of rotatable bonds is 29. The average molecular weight is 998 g/mol. The Hall–Kier alpha value is -4.98. The standard InChI is InChI=1S/C51H83N9O9S/c1-13-33(6)45(59(10)51(67)43(31(2)3)57-49(66)44(32(4)5)58(9)42(63)30-54-48(65)37(55-35(8)61)22-17-18-24-52)40(68-11)29-41(62)60-26-19-23-39(60)46(69-12)34(7)47(64)56-38(50-53-25-27-70-50)28-36-20-15-14-16-21-36/h14-16,20-21,25,27,31-34,37-40,43-46H,13,17-19,22-24,26,28-30,52H2,1-12H3,(H,54,65)(H,55,61)(H,56,64)(H,57,66)/t33-,34+,37?,38-,39-,40?,43-,44?,45-,46?/m0/s1. The first-order valence-electron chi connectivity index (χ1n) is 24.9. The summed E-state index contributed by atoms with van der Waals surface area (Å²) in [5.74, 6) is -4.24. The van der Waals surface area contributed by atoms with E-state index in [9.17, 15) is 33.6 Å². The van der Waals surface area contributed by atoms with Gasteiger partial charge in [0.15, 0.2) is 0 Å². The molecule has 1 aromatic carbocycles. The minimum atomic E-state index is -1.01. The molecule has 70 heavy (non-hydrogen) atoms. The van der Waals surface area contributed by atoms with Gasteiger partial charge in [-0.15, -0.1) is 11.3 Å². The Morgan fingerprint density at radius 2 is 1.57 bits per heavy atom. The van der Waals surface area contributed by atoms with Gasteiger partial charge in [-0.25, -0.2) is 4.98 Å². The van der Waals surface area contributed by atoms with Gasteiger partial charge in [0.2, 0.25) is 41.4 Å². The zero-order valence-electron chi connectivity index (χ0n) is 43.7. The van der Waals surface area contributed by atoms with Crippen LogP contribution in [0.3, 0.4) is 0 Å². The maximum Gasteiger partial charge on any atom is 0.245 e. The number of aromatic nitrogens is 1. The van der Waals surface area contributed by atoms with Crippen LogP contribution >= 0.6 is 11.3 Å². The highest BCUT2D eigenvalue weighted by molar-refractivity contribution is 7.09. The van der Waals surface area contributed by atoms with Gasteiger partial charge in [-0.2, -0.15) is 0 Å². The third-order valence-corrected chi connectivity index (χ3v) is 14.5. The highest BCUT2D eigenvalue weighted by Crippen LogP contribution is 2.31. The molecule has 0 bridgehead atoms. The second kappa shape index (κ2) is 29.4. The summed E-state index contributed by atoms with van der Waals surface area (Å²) in [6.07, 6.45) is 4.56. The number of ether oxygens (including phenoxy) is 2. The average Bonchev–Trinajstić information content (AvgIpc) is 4.05. The van der Waals surface area contributed by atoms with Gasteiger partial charge in [-0.1, -0.05) is 85.2 Å². The van der Waals surface area contributed by atoms with Crippen LogP contribution in [0.4, 0.5) is 0 Å². The minimum absolute atomic E-state index is 0.0450. The van der Waals surface area contributed by atoms with Gasteiger partial charge in [0.1, 0.15) is 23.1 Å². The fourth-order valence-corrected chi connectivity index (χ4v) is 10.2. The molecular weight excluding hydrogens is 915 g/mol. The van der Waals surface area contributed by atoms with Crippen molar-refractivity contribution in [1.29, 1.82) is 0 Å². The van der Waals surface area contributed by atoms with Crippen LogP contribution in [0, 0.1) is 23.7 Å². The van der Waals surface area contributed by atoms with E-state index in [1.165, 1.54) is 37.3 Å². The normalized spacial score (nSPS) is 17.6. The number of likely N-dealkylation sites (N-methyl/N-ethyl adjacent to an activating group) is 2. The molecule has 4 unspecified atom stereocenters. The van der Waals surface area contributed by atoms with Gasteiger partial charge in [0.05, 0.1) is 49.2 Å². The number of carbonyl (C=O) groups excluding carboxylic acids is 7. The number of amides is 7. The lowest BCUT2D eigenvalue weighted by molar-refractivity contribution is -0.148. The number of nitrogens with one attached hydrogen (secondary N) is 4. The summed E-state index contributed by atoms with van der Waals surface area (Å²) in [5.41, 5.74) is 6.66. The first kappa shape index (κ1) is 59.3. The number of hydrogen-bond donors (Lipinski definition) is 5. The predicted molar refractivity (Wildman–Crippen MR) is 271 cm³/mol. The molecule has 1 aromatic heterocycles. The number of nitrogens with two attached hydrogens (primary N) is 1. The van der Waals surface area contributed by atoms with E-state index in [0.29, 0.717) is 51.6 Å². The van der Waals surface area contributed by atoms with E-state index in [2.05, 4.69) is 26.3 Å². The van der Waals surface area contributed by atoms with Crippen molar-refractivity contribution in [2.75, 3.05) is 47.9 Å². The number of thiazole rings is 1. The molecule has 6 N–H and O–H groups in total. The molecule has 18 nitrogen and oxygen atoms in total. The van der Waals surface area contributed by atoms with Crippen LogP contribution in [-0.2, 0) is 49.5 Å². The number of hydrogen-bond acceptors (Lipinski definition) is 12. The molecule has 0 aliphatic carbocycles. The van der Waals surface area contributed by atoms with Crippen LogP contribution in [0.2, 0.25) is 0 Å². The maximum atomic E-state index is 14.7. The Labute approximate surface area is 420 Å². The van der Waals surface area contributed by atoms with Crippen LogP contribution in [0.5, 0.6) is 0 Å². The van der Waals surface area contributed by atoms with E-state index < -0.39 is 66.6 Å². The molecule has 1 aliphatic heterocycles. The molecule has 2 aromatic rings. The minimum Gasteiger partial charge on any atom is -0.379 e. The van der Waals surface area contributed by atoms with E-state index in [-0.39, 0.29) is 59.9 Å². The summed E-state index contributed by atoms with van der Waals surface area (Å²) < 4.78 is 12.1. The summed E-state index contributed by atoms with van der Waals surface area (Å²) >= 11 is 1.48. The molecule has 3 rings (SSSR count). The Kier molecular flexibility index (Phi) is 24.9. The van der Waals surface area contributed by atoms with Crippen molar-refractivity contribution >= 4 is 52.7 Å². The van der Waals surface area contributed by atoms with E-state index in [4.69, 9.17) is 15.2 Å². The molecule has 1 fully saturated rings. The van der Waals surface area contributed by atoms with Crippen molar-refractivity contribution < 1.29 is 43.0 Å². The third-order valence-electron chi connectivity index (χ3n) is 13.6. The van der Waals surface area contributed by atoms with Crippen LogP contribution < -0.4 is 27.0 Å². The van der Waals surface area contributed by atoms with Crippen molar-refractivity contribution in [3.63, 3.8) is 0 Å². The second-order valence-electron chi connectivity index (χ2n) is 19.4. The lowest BCUT2D eigenvalue weighted by atomic mass is 9.89. The number of likely N-dealkylation sites (tertiary alicyclic amines) is 1. The summed E-state index contributed by atoms with van der Waals surface area (Å²) in [6, 6.07) is 5.77. The lowest BCUT2D eigenvalue weighted by Gasteiger charge is -2.41. The van der Waals surface area contributed by atoms with Crippen molar-refractivity contribution in [1.82, 2.24) is 41.0 Å². The van der Waals surface area contributed by atoms with E-state index in [1.807, 2.05) is 70.3 Å². The van der Waals surface area contributed by atoms with Gasteiger partial charge in [0, 0.05) is 53.4 Å². The predicted octanol–water partition coefficient (Wildman–Crippen LogP) is 3.84. The van der Waals surface area contributed by atoms with Gasteiger partial charge in [0.25, 0.3) is 0 Å². The Bertz CT molecular complexity index is 1970. The number of benzene rings is 1. The molecule has 1 aliphatic rings. The van der Waals surface area contributed by atoms with Crippen LogP contribution in [0.25, 0.3) is 0 Å². The van der Waals surface area contributed by atoms with Crippen molar-refractivity contribution in [3.05, 3.63) is 52.5 Å². The fraction of sp³-hybridized carbons (Fsp3) is 0.686. The number of nitrogens with zero attached hydrogens (tertiary/aromatic N) is 4. The van der Waals surface area contributed by atoms with Crippen molar-refractivity contribution in [3.8, 4) is 0 Å². The zero-order valence-corrected chi connectivity index (χ0v) is 44.5. The monoisotopic (exact) mass is 998 g/mol. The molecule has 1 saturated heterocycles. The largest absolute Gasteiger partial charge is 0.379 e. The summed E-state index contributed by atoms with van der Waals surface area (Å²) in [6.45, 7) is 14.9. The van der Waals surface area contributed by atoms with Crippen LogP contribution in [0.1, 0.15) is 117 Å². The van der Waals surface area contributed by atoms with Gasteiger partial charge < -0.3 is 51.2 Å². The number of methoxy groups -OCH3 is 2. The third kappa shape index (κ3) is 16.8. The van der Waals surface area contributed by atoms with Crippen LogP contribution in [0.15, 0.2) is 41.9 Å². The topological polar surface area (TPSA) is 235 Å². The van der Waals surface area contributed by atoms with E-state index >= 15 is 0 Å². The highest BCUT2D eigenvalue weighted by Gasteiger charge is 2.44. The summed E-state index contributed by atoms with van der Waals surface area (Å²) in [4.78, 5) is 105. The first-order valence-corrected chi connectivity index (χ1v) is 25.8. The lowest BCUT2D eigenvalue weighted by Crippen LogP contribution is -2.60. The molecule has 2 heterocycles. The molecule has 392 valence electrons. The summed E-state index contributed by atoms with van der Waals surface area (Å²) in [7, 11) is 6.23. The molecule has 7 amide bonds. The quantitative estimate of drug-likeness (QED) is 0.0735. The molecule has 0 radical (unpaired) electrons. The van der Waals surface area contributed by atoms with Crippen LogP contribution in [-0.4, -0.2) is 151 Å². The van der Waals surface area contributed by atoms with Gasteiger partial charge in [-0.3, -0.25) is 33.6 Å². The van der Waals surface area contributed by atoms with Crippen molar-refractivity contribution in [2.45, 2.75) is 155 Å². The Balaban J connectivity index is 1.76. The summed E-state index contributed by atoms with van der Waals surface area (Å²) in [5, 5.41) is 14.1. The fourth-order valence-electron chi connectivity index (χ4n) is 9.54. The smallest absolute Gasteiger partial charge is 0.245 e. The molecular formula is C51H83N9O9S. The zero-order chi connectivity index (χ0) is 52.2. The molecule has 0 spiro atoms. The SMILES string of the molecule is CC[C@H](C)[C@@H](C(CC(=O)N1CCC[C@H]1C(OC)[C@@H](C)C(=O)N[C@@H](Cc1ccccc1)c1nccs1)OC)N(C)C(=O)[C@@H](NC(=O)C(C(C)C)N(C)C(=O)CNC(=O)C(CCCCN)NC(C)=O)C(C)C. The Morgan fingerprint density at radius 3 is 2.13 bits per heavy atom. The van der Waals surface area contributed by atoms with Gasteiger partial charge >= 0.3 is 0 Å². The van der Waals surface area contributed by atoms with E-state index in [0.717, 1.165) is 17.0 Å². The van der Waals surface area contributed by atoms with Gasteiger partial charge in [-0.05, 0) is 68.4 Å². The number of unbranched alkanes of at least 4 members (excludes halogenated alkanes) is 1. The Morgan fingerprint density at radius 1 is 0.886 bits per heavy atom. The highest BCUT2D eigenvalue weighted by atomic mass is 32.1. The van der Waals surface area contributed by atoms with Crippen molar-refractivity contribution in [2.24, 2.45) is 29.4 Å². The molecule has 10 atom stereocenters. The maximum absolute atomic E-state index is 14.7. The molecule has 19 heteroatoms. The first-order chi connectivity index (χ1) is 33.2. The molecule has 0 saturated carbocycles. The van der Waals surface area contributed by atoms with E-state index in [1.54, 1.807) is 44.0 Å². The number of carbonyl (C=O) groups is 7. The second-order valence-corrected chi connectivity index (χ2v) is 20.3.